The van der Waals surface area contributed by atoms with E-state index in [9.17, 15) is 15.0 Å². The Bertz CT molecular complexity index is 2420. The standard InChI is InChI=1S/C56H76N2O6/c1-51(2)42-14-20-55(7)49(54(42,6)19-15-43(51)61)48(62)39-31-58-30-38(25-32-23-36(33-11-9-10-12-33)26-37(24-32)34-16-21-63-22-17-34)46-47(58)35(29-57-46)13-18-53(5,27-41(60)50-52(3,4)64-50)45-40(59)28-56(55,8)44(39)45/h23-24,26,29-30,33-34,39,41-42,48-50,57,60,62H,9-22,25,27-28,31H2,1-8H3/t39-,41-,42+,48-,49-,50-,53+,54-,55+,56+/m1/s1. The number of aliphatic hydroxyl groups is 2. The fourth-order valence-corrected chi connectivity index (χ4v) is 17.0. The summed E-state index contributed by atoms with van der Waals surface area (Å²) in [4.78, 5) is 32.8. The molecule has 0 amide bonds. The van der Waals surface area contributed by atoms with E-state index in [-0.39, 0.29) is 40.5 Å². The molecule has 8 nitrogen and oxygen atoms in total. The third kappa shape index (κ3) is 6.33. The number of nitrogens with one attached hydrogen (secondary N) is 1. The molecule has 8 heteroatoms. The molecule has 0 unspecified atom stereocenters. The van der Waals surface area contributed by atoms with Gasteiger partial charge in [-0.05, 0) is 151 Å². The fraction of sp³-hybridized carbons (Fsp3) is 0.714. The van der Waals surface area contributed by atoms with Gasteiger partial charge in [-0.25, -0.2) is 0 Å². The number of aromatic amines is 1. The first kappa shape index (κ1) is 43.5. The number of fused-ring (bicyclic) bond motifs is 4. The summed E-state index contributed by atoms with van der Waals surface area (Å²) in [5, 5.41) is 25.6. The number of Topliss-reactive ketones (excluding diaryl/α,β-unsaturated/α-hetero) is 2. The molecule has 2 saturated heterocycles. The van der Waals surface area contributed by atoms with Crippen LogP contribution in [0.25, 0.3) is 11.0 Å². The van der Waals surface area contributed by atoms with Crippen LogP contribution < -0.4 is 0 Å². The summed E-state index contributed by atoms with van der Waals surface area (Å²) < 4.78 is 14.3. The van der Waals surface area contributed by atoms with Gasteiger partial charge in [0.25, 0.3) is 0 Å². The lowest BCUT2D eigenvalue weighted by molar-refractivity contribution is -0.220. The van der Waals surface area contributed by atoms with Crippen molar-refractivity contribution in [3.05, 3.63) is 69.6 Å². The Labute approximate surface area is 381 Å². The number of ether oxygens (including phenoxy) is 2. The van der Waals surface area contributed by atoms with Crippen molar-refractivity contribution in [2.75, 3.05) is 13.2 Å². The smallest absolute Gasteiger partial charge is 0.160 e. The molecule has 346 valence electrons. The first-order chi connectivity index (χ1) is 30.3. The van der Waals surface area contributed by atoms with Crippen LogP contribution in [0.15, 0.2) is 41.7 Å². The van der Waals surface area contributed by atoms with E-state index in [1.54, 1.807) is 0 Å². The highest BCUT2D eigenvalue weighted by Crippen LogP contribution is 2.75. The maximum Gasteiger partial charge on any atom is 0.160 e. The number of aromatic nitrogens is 2. The van der Waals surface area contributed by atoms with Gasteiger partial charge in [0.1, 0.15) is 11.9 Å². The highest BCUT2D eigenvalue weighted by molar-refractivity contribution is 6.02. The number of ketones is 2. The van der Waals surface area contributed by atoms with E-state index in [0.29, 0.717) is 49.8 Å². The van der Waals surface area contributed by atoms with Crippen LogP contribution in [0.5, 0.6) is 0 Å². The Kier molecular flexibility index (Phi) is 10.0. The lowest BCUT2D eigenvalue weighted by Crippen LogP contribution is -2.67. The fourth-order valence-electron chi connectivity index (χ4n) is 17.0. The Morgan fingerprint density at radius 2 is 1.56 bits per heavy atom. The number of H-pyrrole nitrogens is 1. The number of allylic oxidation sites excluding steroid dienone is 1. The maximum absolute atomic E-state index is 15.3. The third-order valence-corrected chi connectivity index (χ3v) is 20.5. The van der Waals surface area contributed by atoms with Crippen molar-refractivity contribution in [1.82, 2.24) is 9.55 Å². The van der Waals surface area contributed by atoms with E-state index in [1.165, 1.54) is 64.5 Å². The van der Waals surface area contributed by atoms with Gasteiger partial charge in [-0.1, -0.05) is 72.6 Å². The monoisotopic (exact) mass is 873 g/mol. The van der Waals surface area contributed by atoms with E-state index in [2.05, 4.69) is 81.7 Å². The van der Waals surface area contributed by atoms with Crippen molar-refractivity contribution in [3.8, 4) is 0 Å². The van der Waals surface area contributed by atoms with Gasteiger partial charge in [0.2, 0.25) is 0 Å². The van der Waals surface area contributed by atoms with Crippen molar-refractivity contribution in [3.63, 3.8) is 0 Å². The van der Waals surface area contributed by atoms with Crippen LogP contribution in [-0.4, -0.2) is 68.5 Å². The number of carbonyl (C=O) groups excluding carboxylic acids is 2. The predicted octanol–water partition coefficient (Wildman–Crippen LogP) is 10.7. The second-order valence-corrected chi connectivity index (χ2v) is 24.8. The highest BCUT2D eigenvalue weighted by atomic mass is 16.6. The number of hydrogen-bond donors (Lipinski definition) is 3. The molecule has 5 heterocycles. The summed E-state index contributed by atoms with van der Waals surface area (Å²) in [6, 6.07) is 7.54. The largest absolute Gasteiger partial charge is 0.392 e. The topological polar surface area (TPSA) is 117 Å². The zero-order chi connectivity index (χ0) is 44.9. The Morgan fingerprint density at radius 1 is 0.875 bits per heavy atom. The predicted molar refractivity (Wildman–Crippen MR) is 250 cm³/mol. The minimum atomic E-state index is -0.713. The van der Waals surface area contributed by atoms with Crippen molar-refractivity contribution in [2.45, 2.75) is 194 Å². The second-order valence-electron chi connectivity index (χ2n) is 24.8. The first-order valence-corrected chi connectivity index (χ1v) is 25.5. The van der Waals surface area contributed by atoms with Crippen LogP contribution in [0.1, 0.15) is 179 Å². The molecule has 3 aliphatic heterocycles. The molecular weight excluding hydrogens is 797 g/mol. The molecule has 0 spiro atoms. The normalized spacial score (nSPS) is 38.9. The minimum Gasteiger partial charge on any atom is -0.392 e. The van der Waals surface area contributed by atoms with Crippen molar-refractivity contribution in [1.29, 1.82) is 0 Å². The number of carbonyl (C=O) groups is 2. The van der Waals surface area contributed by atoms with Gasteiger partial charge in [-0.3, -0.25) is 9.59 Å². The van der Waals surface area contributed by atoms with Gasteiger partial charge in [0.15, 0.2) is 5.78 Å². The second kappa shape index (κ2) is 14.7. The van der Waals surface area contributed by atoms with Gasteiger partial charge in [0.05, 0.1) is 28.8 Å². The highest BCUT2D eigenvalue weighted by Gasteiger charge is 2.72. The number of benzene rings is 1. The summed E-state index contributed by atoms with van der Waals surface area (Å²) in [5.41, 5.74) is 8.72. The molecule has 6 fully saturated rings. The number of hydrogen-bond acceptors (Lipinski definition) is 6. The maximum atomic E-state index is 15.3. The average Bonchev–Trinajstić information content (AvgIpc) is 3.79. The van der Waals surface area contributed by atoms with E-state index < -0.39 is 34.1 Å². The number of aliphatic hydroxyl groups excluding tert-OH is 2. The van der Waals surface area contributed by atoms with Crippen LogP contribution >= 0.6 is 0 Å². The van der Waals surface area contributed by atoms with Crippen LogP contribution in [0, 0.1) is 44.8 Å². The molecule has 8 aliphatic rings. The van der Waals surface area contributed by atoms with Crippen molar-refractivity contribution < 1.29 is 29.3 Å². The molecule has 3 N–H and O–H groups in total. The minimum absolute atomic E-state index is 0.0874. The Morgan fingerprint density at radius 3 is 2.25 bits per heavy atom. The number of nitrogens with zero attached hydrogens (tertiary/aromatic N) is 1. The summed E-state index contributed by atoms with van der Waals surface area (Å²) in [7, 11) is 0. The van der Waals surface area contributed by atoms with Crippen molar-refractivity contribution >= 4 is 22.6 Å². The molecular formula is C56H76N2O6. The van der Waals surface area contributed by atoms with Gasteiger partial charge < -0.3 is 29.2 Å². The third-order valence-electron chi connectivity index (χ3n) is 20.5. The molecule has 3 aromatic rings. The zero-order valence-electron chi connectivity index (χ0n) is 40.2. The molecule has 0 bridgehead atoms. The van der Waals surface area contributed by atoms with Crippen LogP contribution in [0.2, 0.25) is 0 Å². The van der Waals surface area contributed by atoms with E-state index >= 15 is 4.79 Å². The van der Waals surface area contributed by atoms with Gasteiger partial charge in [-0.2, -0.15) is 0 Å². The summed E-state index contributed by atoms with van der Waals surface area (Å²) >= 11 is 0. The average molecular weight is 873 g/mol. The van der Waals surface area contributed by atoms with Gasteiger partial charge in [0, 0.05) is 73.7 Å². The van der Waals surface area contributed by atoms with Crippen LogP contribution in [0.4, 0.5) is 0 Å². The van der Waals surface area contributed by atoms with E-state index in [1.807, 2.05) is 13.8 Å². The van der Waals surface area contributed by atoms with Crippen molar-refractivity contribution in [2.24, 2.45) is 44.8 Å². The number of epoxide rings is 1. The number of aryl methyl sites for hydroxylation is 1. The molecule has 4 saturated carbocycles. The van der Waals surface area contributed by atoms with Crippen LogP contribution in [-0.2, 0) is 38.4 Å². The molecule has 10 atom stereocenters. The lowest BCUT2D eigenvalue weighted by atomic mass is 9.34. The van der Waals surface area contributed by atoms with E-state index in [0.717, 1.165) is 69.3 Å². The van der Waals surface area contributed by atoms with E-state index in [4.69, 9.17) is 9.47 Å². The molecule has 0 radical (unpaired) electrons. The molecule has 1 aromatic carbocycles. The SMILES string of the molecule is CC1(C)O[C@@H]1[C@H](O)C[C@]1(C)CCc2c[nH]c3c(Cc4cc(C5CCCC5)cc(C5CCOCC5)c4)cn(c23)C[C@@H]2C3=C1C(=O)C[C@]3(C)[C@@]1(C)CC[C@H]3C(C)(C)C(=O)CC[C@@]3(C)[C@H]1[C@@H]2O. The molecule has 64 heavy (non-hydrogen) atoms. The molecule has 2 aromatic heterocycles. The van der Waals surface area contributed by atoms with Gasteiger partial charge in [-0.15, -0.1) is 0 Å². The Hall–Kier alpha value is -3.04. The molecule has 11 rings (SSSR count). The first-order valence-electron chi connectivity index (χ1n) is 25.5. The Balaban J connectivity index is 1.06. The summed E-state index contributed by atoms with van der Waals surface area (Å²) in [5.74, 6) is 1.47. The number of rotatable bonds is 7. The lowest BCUT2D eigenvalue weighted by Gasteiger charge is -2.70. The van der Waals surface area contributed by atoms with Gasteiger partial charge >= 0.3 is 0 Å². The summed E-state index contributed by atoms with van der Waals surface area (Å²) in [6.45, 7) is 20.1. The molecule has 5 aliphatic carbocycles. The zero-order valence-corrected chi connectivity index (χ0v) is 40.2. The van der Waals surface area contributed by atoms with Crippen LogP contribution in [0.3, 0.4) is 0 Å². The quantitative estimate of drug-likeness (QED) is 0.204. The summed E-state index contributed by atoms with van der Waals surface area (Å²) in [6.07, 6.45) is 16.5.